The molecule has 1 atom stereocenters. The first-order valence-electron chi connectivity index (χ1n) is 3.78. The number of nitriles is 1. The van der Waals surface area contributed by atoms with E-state index in [2.05, 4.69) is 0 Å². The van der Waals surface area contributed by atoms with Crippen molar-refractivity contribution in [1.29, 1.82) is 5.26 Å². The van der Waals surface area contributed by atoms with Gasteiger partial charge in [-0.25, -0.2) is 13.6 Å². The molecule has 0 bridgehead atoms. The zero-order valence-corrected chi connectivity index (χ0v) is 7.24. The molecule has 6 heteroatoms. The molecule has 0 fully saturated rings. The third-order valence-corrected chi connectivity index (χ3v) is 1.76. The van der Waals surface area contributed by atoms with Gasteiger partial charge in [-0.1, -0.05) is 0 Å². The lowest BCUT2D eigenvalue weighted by atomic mass is 10.0. The molecule has 4 nitrogen and oxygen atoms in total. The minimum atomic E-state index is -2.11. The molecular weight excluding hydrogens is 208 g/mol. The summed E-state index contributed by atoms with van der Waals surface area (Å²) in [6, 6.07) is 2.75. The Labute approximate surface area is 83.0 Å². The zero-order valence-electron chi connectivity index (χ0n) is 7.24. The summed E-state index contributed by atoms with van der Waals surface area (Å²) < 4.78 is 26.1. The second-order valence-corrected chi connectivity index (χ2v) is 2.68. The normalized spacial score (nSPS) is 11.9. The van der Waals surface area contributed by atoms with E-state index in [4.69, 9.17) is 15.5 Å². The second kappa shape index (κ2) is 4.02. The number of aliphatic carboxylic acids is 1. The van der Waals surface area contributed by atoms with Gasteiger partial charge in [0.25, 0.3) is 0 Å². The van der Waals surface area contributed by atoms with Crippen LogP contribution in [0.4, 0.5) is 8.78 Å². The molecular formula is C9H5F2NO3. The first-order chi connectivity index (χ1) is 6.99. The van der Waals surface area contributed by atoms with E-state index >= 15 is 0 Å². The van der Waals surface area contributed by atoms with Crippen molar-refractivity contribution in [3.63, 3.8) is 0 Å². The van der Waals surface area contributed by atoms with Gasteiger partial charge in [-0.3, -0.25) is 0 Å². The number of nitrogens with zero attached hydrogens (tertiary/aromatic N) is 1. The zero-order chi connectivity index (χ0) is 11.6. The van der Waals surface area contributed by atoms with E-state index in [0.717, 1.165) is 12.1 Å². The standard InChI is InChI=1S/C9H5F2NO3/c10-6-2-1-4(8(13)9(14)15)7(11)5(6)3-12/h1-2,8,13H,(H,14,15). The Morgan fingerprint density at radius 1 is 1.47 bits per heavy atom. The lowest BCUT2D eigenvalue weighted by Gasteiger charge is -2.07. The van der Waals surface area contributed by atoms with E-state index in [1.807, 2.05) is 0 Å². The van der Waals surface area contributed by atoms with E-state index < -0.39 is 34.8 Å². The van der Waals surface area contributed by atoms with Crippen LogP contribution in [-0.2, 0) is 4.79 Å². The van der Waals surface area contributed by atoms with E-state index in [1.165, 1.54) is 6.07 Å². The molecule has 78 valence electrons. The molecule has 0 aliphatic heterocycles. The van der Waals surface area contributed by atoms with Gasteiger partial charge in [-0.2, -0.15) is 5.26 Å². The van der Waals surface area contributed by atoms with Gasteiger partial charge in [0.1, 0.15) is 23.3 Å². The molecule has 1 aromatic rings. The van der Waals surface area contributed by atoms with Crippen molar-refractivity contribution < 1.29 is 23.8 Å². The molecule has 1 rings (SSSR count). The summed E-state index contributed by atoms with van der Waals surface area (Å²) >= 11 is 0. The molecule has 0 aromatic heterocycles. The summed E-state index contributed by atoms with van der Waals surface area (Å²) in [6.07, 6.45) is -2.11. The Bertz CT molecular complexity index is 453. The highest BCUT2D eigenvalue weighted by atomic mass is 19.1. The largest absolute Gasteiger partial charge is 0.479 e. The molecule has 0 aliphatic rings. The van der Waals surface area contributed by atoms with Gasteiger partial charge in [0.05, 0.1) is 0 Å². The fourth-order valence-electron chi connectivity index (χ4n) is 1.02. The van der Waals surface area contributed by atoms with Crippen LogP contribution in [0, 0.1) is 23.0 Å². The molecule has 0 spiro atoms. The molecule has 15 heavy (non-hydrogen) atoms. The van der Waals surface area contributed by atoms with E-state index in [1.54, 1.807) is 0 Å². The molecule has 2 N–H and O–H groups in total. The Kier molecular flexibility index (Phi) is 2.97. The number of aliphatic hydroxyl groups excluding tert-OH is 1. The lowest BCUT2D eigenvalue weighted by Crippen LogP contribution is -2.13. The van der Waals surface area contributed by atoms with Crippen molar-refractivity contribution in [2.24, 2.45) is 0 Å². The van der Waals surface area contributed by atoms with Crippen LogP contribution in [0.2, 0.25) is 0 Å². The molecule has 0 amide bonds. The molecule has 0 radical (unpaired) electrons. The number of aliphatic hydroxyl groups is 1. The van der Waals surface area contributed by atoms with Crippen molar-refractivity contribution in [3.8, 4) is 6.07 Å². The third-order valence-electron chi connectivity index (χ3n) is 1.76. The maximum Gasteiger partial charge on any atom is 0.337 e. The number of hydrogen-bond donors (Lipinski definition) is 2. The van der Waals surface area contributed by atoms with Crippen molar-refractivity contribution >= 4 is 5.97 Å². The van der Waals surface area contributed by atoms with Gasteiger partial charge in [0, 0.05) is 5.56 Å². The van der Waals surface area contributed by atoms with Gasteiger partial charge in [-0.15, -0.1) is 0 Å². The molecule has 1 aromatic carbocycles. The topological polar surface area (TPSA) is 81.3 Å². The average Bonchev–Trinajstić information content (AvgIpc) is 2.17. The summed E-state index contributed by atoms with van der Waals surface area (Å²) in [5.74, 6) is -4.13. The Hall–Kier alpha value is -2.00. The van der Waals surface area contributed by atoms with Crippen LogP contribution in [0.25, 0.3) is 0 Å². The predicted octanol–water partition coefficient (Wildman–Crippen LogP) is 0.954. The first-order valence-corrected chi connectivity index (χ1v) is 3.78. The van der Waals surface area contributed by atoms with Crippen LogP contribution in [-0.4, -0.2) is 16.2 Å². The Balaban J connectivity index is 3.35. The quantitative estimate of drug-likeness (QED) is 0.766. The van der Waals surface area contributed by atoms with Crippen LogP contribution < -0.4 is 0 Å². The maximum absolute atomic E-state index is 13.3. The average molecular weight is 213 g/mol. The van der Waals surface area contributed by atoms with E-state index in [-0.39, 0.29) is 0 Å². The lowest BCUT2D eigenvalue weighted by molar-refractivity contribution is -0.147. The maximum atomic E-state index is 13.3. The van der Waals surface area contributed by atoms with Crippen LogP contribution in [0.1, 0.15) is 17.2 Å². The van der Waals surface area contributed by atoms with Crippen LogP contribution in [0.15, 0.2) is 12.1 Å². The highest BCUT2D eigenvalue weighted by Gasteiger charge is 2.23. The second-order valence-electron chi connectivity index (χ2n) is 2.68. The fraction of sp³-hybridized carbons (Fsp3) is 0.111. The van der Waals surface area contributed by atoms with Crippen molar-refractivity contribution in [3.05, 3.63) is 34.9 Å². The molecule has 0 saturated carbocycles. The van der Waals surface area contributed by atoms with Crippen LogP contribution >= 0.6 is 0 Å². The highest BCUT2D eigenvalue weighted by molar-refractivity contribution is 5.74. The summed E-state index contributed by atoms with van der Waals surface area (Å²) in [4.78, 5) is 10.3. The summed E-state index contributed by atoms with van der Waals surface area (Å²) in [5, 5.41) is 25.8. The molecule has 1 unspecified atom stereocenters. The number of hydrogen-bond acceptors (Lipinski definition) is 3. The van der Waals surface area contributed by atoms with Gasteiger partial charge in [-0.05, 0) is 12.1 Å². The Morgan fingerprint density at radius 2 is 2.07 bits per heavy atom. The van der Waals surface area contributed by atoms with Gasteiger partial charge in [0.15, 0.2) is 6.10 Å². The van der Waals surface area contributed by atoms with Crippen LogP contribution in [0.3, 0.4) is 0 Å². The van der Waals surface area contributed by atoms with Crippen LogP contribution in [0.5, 0.6) is 0 Å². The third kappa shape index (κ3) is 1.92. The van der Waals surface area contributed by atoms with Gasteiger partial charge in [0.2, 0.25) is 0 Å². The number of carbonyl (C=O) groups is 1. The summed E-state index contributed by atoms with van der Waals surface area (Å²) in [5.41, 5.74) is -1.55. The number of halogens is 2. The van der Waals surface area contributed by atoms with Crippen molar-refractivity contribution in [1.82, 2.24) is 0 Å². The highest BCUT2D eigenvalue weighted by Crippen LogP contribution is 2.22. The number of rotatable bonds is 2. The summed E-state index contributed by atoms with van der Waals surface area (Å²) in [6.45, 7) is 0. The monoisotopic (exact) mass is 213 g/mol. The number of carboxylic acids is 1. The molecule has 0 heterocycles. The minimum Gasteiger partial charge on any atom is -0.479 e. The first kappa shape index (κ1) is 11.1. The van der Waals surface area contributed by atoms with Gasteiger partial charge < -0.3 is 10.2 Å². The number of benzene rings is 1. The molecule has 0 saturated heterocycles. The van der Waals surface area contributed by atoms with E-state index in [9.17, 15) is 13.6 Å². The molecule has 0 aliphatic carbocycles. The SMILES string of the molecule is N#Cc1c(F)ccc(C(O)C(=O)O)c1F. The minimum absolute atomic E-state index is 0.638. The predicted molar refractivity (Wildman–Crippen MR) is 43.7 cm³/mol. The number of carboxylic acid groups (broad SMARTS) is 1. The van der Waals surface area contributed by atoms with E-state index in [0.29, 0.717) is 0 Å². The Morgan fingerprint density at radius 3 is 2.53 bits per heavy atom. The van der Waals surface area contributed by atoms with Crippen molar-refractivity contribution in [2.45, 2.75) is 6.10 Å². The van der Waals surface area contributed by atoms with Gasteiger partial charge >= 0.3 is 5.97 Å². The van der Waals surface area contributed by atoms with Crippen molar-refractivity contribution in [2.75, 3.05) is 0 Å². The smallest absolute Gasteiger partial charge is 0.337 e. The summed E-state index contributed by atoms with van der Waals surface area (Å²) in [7, 11) is 0. The fourth-order valence-corrected chi connectivity index (χ4v) is 1.02.